The first kappa shape index (κ1) is 13.0. The number of rotatable bonds is 3. The maximum absolute atomic E-state index is 13.4. The topological polar surface area (TPSA) is 51.1 Å². The van der Waals surface area contributed by atoms with Gasteiger partial charge in [0.15, 0.2) is 0 Å². The van der Waals surface area contributed by atoms with Gasteiger partial charge in [-0.25, -0.2) is 4.39 Å². The number of benzene rings is 1. The third-order valence-electron chi connectivity index (χ3n) is 2.76. The van der Waals surface area contributed by atoms with Gasteiger partial charge in [-0.2, -0.15) is 0 Å². The molecular formula is C14H13FN2O2. The SMILES string of the molecule is Cn1cccc(CNC(=O)c2ccccc2F)c1=O. The van der Waals surface area contributed by atoms with E-state index in [4.69, 9.17) is 0 Å². The number of aryl methyl sites for hydroxylation is 1. The highest BCUT2D eigenvalue weighted by Crippen LogP contribution is 2.06. The quantitative estimate of drug-likeness (QED) is 0.908. The van der Waals surface area contributed by atoms with Gasteiger partial charge in [0.1, 0.15) is 5.82 Å². The molecule has 0 unspecified atom stereocenters. The van der Waals surface area contributed by atoms with Gasteiger partial charge < -0.3 is 9.88 Å². The van der Waals surface area contributed by atoms with Crippen LogP contribution in [0.25, 0.3) is 0 Å². The predicted octanol–water partition coefficient (Wildman–Crippen LogP) is 1.45. The zero-order valence-electron chi connectivity index (χ0n) is 10.4. The molecule has 4 nitrogen and oxygen atoms in total. The van der Waals surface area contributed by atoms with Crippen LogP contribution in [0.5, 0.6) is 0 Å². The standard InChI is InChI=1S/C14H13FN2O2/c1-17-8-4-5-10(14(17)19)9-16-13(18)11-6-2-3-7-12(11)15/h2-8H,9H2,1H3,(H,16,18). The highest BCUT2D eigenvalue weighted by molar-refractivity contribution is 5.94. The Morgan fingerprint density at radius 3 is 2.74 bits per heavy atom. The maximum Gasteiger partial charge on any atom is 0.255 e. The van der Waals surface area contributed by atoms with Gasteiger partial charge >= 0.3 is 0 Å². The van der Waals surface area contributed by atoms with Crippen molar-refractivity contribution in [3.8, 4) is 0 Å². The van der Waals surface area contributed by atoms with Crippen molar-refractivity contribution >= 4 is 5.91 Å². The fraction of sp³-hybridized carbons (Fsp3) is 0.143. The Kier molecular flexibility index (Phi) is 3.75. The second kappa shape index (κ2) is 5.48. The molecular weight excluding hydrogens is 247 g/mol. The van der Waals surface area contributed by atoms with E-state index in [2.05, 4.69) is 5.32 Å². The fourth-order valence-electron chi connectivity index (χ4n) is 1.70. The van der Waals surface area contributed by atoms with Crippen molar-refractivity contribution in [2.75, 3.05) is 0 Å². The van der Waals surface area contributed by atoms with Crippen LogP contribution in [0.1, 0.15) is 15.9 Å². The summed E-state index contributed by atoms with van der Waals surface area (Å²) < 4.78 is 14.8. The van der Waals surface area contributed by atoms with Crippen molar-refractivity contribution in [1.82, 2.24) is 9.88 Å². The maximum atomic E-state index is 13.4. The lowest BCUT2D eigenvalue weighted by Crippen LogP contribution is -2.29. The minimum atomic E-state index is -0.582. The average molecular weight is 260 g/mol. The van der Waals surface area contributed by atoms with Gasteiger partial charge in [-0.05, 0) is 18.2 Å². The number of carbonyl (C=O) groups is 1. The summed E-state index contributed by atoms with van der Waals surface area (Å²) in [6.45, 7) is 0.0701. The first-order valence-corrected chi connectivity index (χ1v) is 5.77. The minimum absolute atomic E-state index is 0.0322. The van der Waals surface area contributed by atoms with Crippen LogP contribution in [0.15, 0.2) is 47.4 Å². The number of pyridine rings is 1. The molecule has 0 aliphatic heterocycles. The van der Waals surface area contributed by atoms with Crippen molar-refractivity contribution < 1.29 is 9.18 Å². The van der Waals surface area contributed by atoms with Crippen LogP contribution in [0.2, 0.25) is 0 Å². The molecule has 0 bridgehead atoms. The van der Waals surface area contributed by atoms with E-state index in [-0.39, 0.29) is 17.7 Å². The summed E-state index contributed by atoms with van der Waals surface area (Å²) in [5.74, 6) is -1.12. The molecule has 0 atom stereocenters. The third kappa shape index (κ3) is 2.88. The number of amides is 1. The molecule has 0 spiro atoms. The molecule has 2 aromatic rings. The Morgan fingerprint density at radius 1 is 1.26 bits per heavy atom. The van der Waals surface area contributed by atoms with Gasteiger partial charge in [-0.3, -0.25) is 9.59 Å². The summed E-state index contributed by atoms with van der Waals surface area (Å²) in [6.07, 6.45) is 1.63. The lowest BCUT2D eigenvalue weighted by molar-refractivity contribution is 0.0946. The van der Waals surface area contributed by atoms with Crippen molar-refractivity contribution in [1.29, 1.82) is 0 Å². The molecule has 0 aliphatic carbocycles. The molecule has 1 aromatic heterocycles. The minimum Gasteiger partial charge on any atom is -0.348 e. The van der Waals surface area contributed by atoms with E-state index in [9.17, 15) is 14.0 Å². The van der Waals surface area contributed by atoms with Gasteiger partial charge in [0.05, 0.1) is 5.56 Å². The summed E-state index contributed by atoms with van der Waals surface area (Å²) in [4.78, 5) is 23.5. The van der Waals surface area contributed by atoms with Crippen molar-refractivity contribution in [3.63, 3.8) is 0 Å². The summed E-state index contributed by atoms with van der Waals surface area (Å²) in [7, 11) is 1.63. The van der Waals surface area contributed by atoms with E-state index < -0.39 is 11.7 Å². The van der Waals surface area contributed by atoms with Crippen LogP contribution in [0.4, 0.5) is 4.39 Å². The van der Waals surface area contributed by atoms with Crippen LogP contribution < -0.4 is 10.9 Å². The monoisotopic (exact) mass is 260 g/mol. The molecule has 0 saturated heterocycles. The number of halogens is 1. The van der Waals surface area contributed by atoms with Crippen LogP contribution in [-0.4, -0.2) is 10.5 Å². The first-order chi connectivity index (χ1) is 9.09. The summed E-state index contributed by atoms with van der Waals surface area (Å²) in [5, 5.41) is 2.53. The summed E-state index contributed by atoms with van der Waals surface area (Å²) in [6, 6.07) is 9.05. The van der Waals surface area contributed by atoms with Gasteiger partial charge in [-0.15, -0.1) is 0 Å². The van der Waals surface area contributed by atoms with Crippen LogP contribution in [0, 0.1) is 5.82 Å². The first-order valence-electron chi connectivity index (χ1n) is 5.77. The number of nitrogens with zero attached hydrogens (tertiary/aromatic N) is 1. The van der Waals surface area contributed by atoms with E-state index in [0.29, 0.717) is 5.56 Å². The Labute approximate surface area is 109 Å². The van der Waals surface area contributed by atoms with Gasteiger partial charge in [0.2, 0.25) is 0 Å². The third-order valence-corrected chi connectivity index (χ3v) is 2.76. The van der Waals surface area contributed by atoms with Crippen molar-refractivity contribution in [3.05, 3.63) is 69.9 Å². The molecule has 1 aromatic carbocycles. The molecule has 2 rings (SSSR count). The highest BCUT2D eigenvalue weighted by atomic mass is 19.1. The van der Waals surface area contributed by atoms with Crippen molar-refractivity contribution in [2.45, 2.75) is 6.54 Å². The number of nitrogens with one attached hydrogen (secondary N) is 1. The number of carbonyl (C=O) groups excluding carboxylic acids is 1. The second-order valence-electron chi connectivity index (χ2n) is 4.11. The predicted molar refractivity (Wildman–Crippen MR) is 69.3 cm³/mol. The number of hydrogen-bond acceptors (Lipinski definition) is 2. The molecule has 0 radical (unpaired) electrons. The molecule has 0 saturated carbocycles. The largest absolute Gasteiger partial charge is 0.348 e. The Hall–Kier alpha value is -2.43. The van der Waals surface area contributed by atoms with Crippen LogP contribution in [-0.2, 0) is 13.6 Å². The molecule has 0 aliphatic rings. The van der Waals surface area contributed by atoms with Crippen molar-refractivity contribution in [2.24, 2.45) is 7.05 Å². The van der Waals surface area contributed by atoms with Crippen LogP contribution in [0.3, 0.4) is 0 Å². The smallest absolute Gasteiger partial charge is 0.255 e. The Bertz CT molecular complexity index is 664. The highest BCUT2D eigenvalue weighted by Gasteiger charge is 2.11. The molecule has 5 heteroatoms. The van der Waals surface area contributed by atoms with E-state index in [1.54, 1.807) is 31.4 Å². The normalized spacial score (nSPS) is 10.2. The summed E-state index contributed by atoms with van der Waals surface area (Å²) in [5.41, 5.74) is 0.237. The summed E-state index contributed by atoms with van der Waals surface area (Å²) >= 11 is 0. The van der Waals surface area contributed by atoms with Gasteiger partial charge in [0, 0.05) is 25.4 Å². The fourth-order valence-corrected chi connectivity index (χ4v) is 1.70. The lowest BCUT2D eigenvalue weighted by atomic mass is 10.2. The Balaban J connectivity index is 2.11. The molecule has 1 N–H and O–H groups in total. The van der Waals surface area contributed by atoms with E-state index in [1.807, 2.05) is 0 Å². The van der Waals surface area contributed by atoms with E-state index in [0.717, 1.165) is 0 Å². The molecule has 0 fully saturated rings. The zero-order chi connectivity index (χ0) is 13.8. The number of hydrogen-bond donors (Lipinski definition) is 1. The van der Waals surface area contributed by atoms with Gasteiger partial charge in [-0.1, -0.05) is 18.2 Å². The van der Waals surface area contributed by atoms with E-state index in [1.165, 1.54) is 22.8 Å². The van der Waals surface area contributed by atoms with Gasteiger partial charge in [0.25, 0.3) is 11.5 Å². The number of aromatic nitrogens is 1. The van der Waals surface area contributed by atoms with E-state index >= 15 is 0 Å². The molecule has 98 valence electrons. The Morgan fingerprint density at radius 2 is 2.00 bits per heavy atom. The molecule has 1 amide bonds. The molecule has 1 heterocycles. The second-order valence-corrected chi connectivity index (χ2v) is 4.11. The molecule has 19 heavy (non-hydrogen) atoms. The van der Waals surface area contributed by atoms with Crippen LogP contribution >= 0.6 is 0 Å². The zero-order valence-corrected chi connectivity index (χ0v) is 10.4. The lowest BCUT2D eigenvalue weighted by Gasteiger charge is -2.06. The average Bonchev–Trinajstić information content (AvgIpc) is 2.40.